The zero-order chi connectivity index (χ0) is 17.1. The van der Waals surface area contributed by atoms with E-state index in [1.54, 1.807) is 6.20 Å². The van der Waals surface area contributed by atoms with E-state index in [0.29, 0.717) is 23.1 Å². The highest BCUT2D eigenvalue weighted by Crippen LogP contribution is 2.31. The molecule has 0 unspecified atom stereocenters. The third-order valence-corrected chi connectivity index (χ3v) is 3.80. The van der Waals surface area contributed by atoms with Gasteiger partial charge >= 0.3 is 6.09 Å². The van der Waals surface area contributed by atoms with Crippen molar-refractivity contribution in [3.63, 3.8) is 0 Å². The van der Waals surface area contributed by atoms with Gasteiger partial charge in [0, 0.05) is 22.2 Å². The number of carbonyl (C=O) groups is 1. The van der Waals surface area contributed by atoms with Gasteiger partial charge in [-0.3, -0.25) is 0 Å². The van der Waals surface area contributed by atoms with E-state index in [4.69, 9.17) is 16.3 Å². The molecule has 0 radical (unpaired) electrons. The number of rotatable bonds is 4. The fourth-order valence-corrected chi connectivity index (χ4v) is 2.57. The molecule has 3 rings (SSSR count). The second kappa shape index (κ2) is 6.76. The second-order valence-electron chi connectivity index (χ2n) is 5.00. The Kier molecular flexibility index (Phi) is 4.52. The van der Waals surface area contributed by atoms with Crippen molar-refractivity contribution in [2.24, 2.45) is 0 Å². The summed E-state index contributed by atoms with van der Waals surface area (Å²) in [5.41, 5.74) is 3.12. The summed E-state index contributed by atoms with van der Waals surface area (Å²) in [4.78, 5) is 22.8. The van der Waals surface area contributed by atoms with Crippen molar-refractivity contribution < 1.29 is 14.3 Å². The van der Waals surface area contributed by atoms with Crippen LogP contribution in [-0.2, 0) is 11.3 Å². The van der Waals surface area contributed by atoms with E-state index < -0.39 is 6.09 Å². The largest absolute Gasteiger partial charge is 0.480 e. The van der Waals surface area contributed by atoms with Crippen LogP contribution in [0.25, 0.3) is 22.2 Å². The molecule has 2 heterocycles. The first-order valence-electron chi connectivity index (χ1n) is 7.10. The summed E-state index contributed by atoms with van der Waals surface area (Å²) >= 11 is 6.37. The zero-order valence-electron chi connectivity index (χ0n) is 13.1. The van der Waals surface area contributed by atoms with Gasteiger partial charge in [-0.1, -0.05) is 11.6 Å². The van der Waals surface area contributed by atoms with Crippen molar-refractivity contribution in [3.05, 3.63) is 41.3 Å². The number of hydrogen-bond donors (Lipinski definition) is 2. The molecule has 3 aromatic rings. The average molecular weight is 347 g/mol. The summed E-state index contributed by atoms with van der Waals surface area (Å²) in [6.07, 6.45) is 2.66. The number of ether oxygens (including phenoxy) is 2. The van der Waals surface area contributed by atoms with Gasteiger partial charge in [0.15, 0.2) is 0 Å². The number of alkyl carbamates (subject to hydrolysis) is 1. The number of hydrogen-bond acceptors (Lipinski definition) is 5. The van der Waals surface area contributed by atoms with Crippen LogP contribution < -0.4 is 10.1 Å². The normalized spacial score (nSPS) is 10.6. The molecule has 2 aromatic heterocycles. The van der Waals surface area contributed by atoms with Gasteiger partial charge in [0.25, 0.3) is 0 Å². The molecule has 0 bridgehead atoms. The Morgan fingerprint density at radius 2 is 2.08 bits per heavy atom. The molecule has 7 nitrogen and oxygen atoms in total. The van der Waals surface area contributed by atoms with Crippen LogP contribution in [0.1, 0.15) is 5.69 Å². The number of benzene rings is 1. The molecular weight excluding hydrogens is 332 g/mol. The molecule has 0 saturated carbocycles. The maximum Gasteiger partial charge on any atom is 0.407 e. The van der Waals surface area contributed by atoms with Gasteiger partial charge in [0.05, 0.1) is 43.9 Å². The van der Waals surface area contributed by atoms with Crippen molar-refractivity contribution in [1.82, 2.24) is 20.3 Å². The van der Waals surface area contributed by atoms with E-state index in [-0.39, 0.29) is 0 Å². The molecule has 1 amide bonds. The molecule has 1 aromatic carbocycles. The number of methoxy groups -OCH3 is 2. The number of H-pyrrole nitrogens is 1. The number of amides is 1. The Morgan fingerprint density at radius 3 is 2.75 bits per heavy atom. The number of halogens is 1. The Balaban J connectivity index is 1.92. The molecule has 0 saturated heterocycles. The molecule has 0 aliphatic rings. The number of nitrogens with zero attached hydrogens (tertiary/aromatic N) is 2. The predicted octanol–water partition coefficient (Wildman–Crippen LogP) is 3.14. The second-order valence-corrected chi connectivity index (χ2v) is 5.41. The monoisotopic (exact) mass is 346 g/mol. The summed E-state index contributed by atoms with van der Waals surface area (Å²) in [6.45, 7) is 0.330. The molecule has 124 valence electrons. The third kappa shape index (κ3) is 3.26. The molecule has 0 atom stereocenters. The van der Waals surface area contributed by atoms with Crippen LogP contribution in [0.15, 0.2) is 30.6 Å². The summed E-state index contributed by atoms with van der Waals surface area (Å²) < 4.78 is 9.56. The molecule has 0 aliphatic heterocycles. The molecule has 0 aliphatic carbocycles. The van der Waals surface area contributed by atoms with Crippen molar-refractivity contribution in [1.29, 1.82) is 0 Å². The van der Waals surface area contributed by atoms with Crippen LogP contribution in [0.5, 0.6) is 5.88 Å². The van der Waals surface area contributed by atoms with Crippen molar-refractivity contribution in [2.75, 3.05) is 14.2 Å². The third-order valence-electron chi connectivity index (χ3n) is 3.49. The van der Waals surface area contributed by atoms with E-state index in [0.717, 1.165) is 22.2 Å². The highest BCUT2D eigenvalue weighted by Gasteiger charge is 2.11. The average Bonchev–Trinajstić information content (AvgIpc) is 3.00. The highest BCUT2D eigenvalue weighted by atomic mass is 35.5. The van der Waals surface area contributed by atoms with Crippen LogP contribution in [0.2, 0.25) is 5.02 Å². The molecule has 2 N–H and O–H groups in total. The van der Waals surface area contributed by atoms with Gasteiger partial charge in [-0.15, -0.1) is 0 Å². The maximum atomic E-state index is 11.2. The van der Waals surface area contributed by atoms with Crippen molar-refractivity contribution in [3.8, 4) is 17.1 Å². The maximum absolute atomic E-state index is 11.2. The topological polar surface area (TPSA) is 89.1 Å². The van der Waals surface area contributed by atoms with Crippen molar-refractivity contribution >= 4 is 28.6 Å². The van der Waals surface area contributed by atoms with E-state index in [1.807, 2.05) is 18.2 Å². The van der Waals surface area contributed by atoms with Gasteiger partial charge < -0.3 is 19.8 Å². The summed E-state index contributed by atoms with van der Waals surface area (Å²) in [6, 6.07) is 5.66. The Hall–Kier alpha value is -2.80. The lowest BCUT2D eigenvalue weighted by atomic mass is 10.1. The van der Waals surface area contributed by atoms with Crippen LogP contribution in [-0.4, -0.2) is 35.3 Å². The minimum atomic E-state index is -0.485. The van der Waals surface area contributed by atoms with Crippen LogP contribution in [0.4, 0.5) is 4.79 Å². The van der Waals surface area contributed by atoms with Crippen LogP contribution in [0, 0.1) is 0 Å². The van der Waals surface area contributed by atoms with Gasteiger partial charge in [0.2, 0.25) is 5.88 Å². The number of nitrogens with one attached hydrogen (secondary N) is 2. The number of aromatic amines is 1. The molecule has 0 fully saturated rings. The first-order valence-corrected chi connectivity index (χ1v) is 7.48. The number of carbonyl (C=O) groups excluding carboxylic acids is 1. The van der Waals surface area contributed by atoms with Crippen LogP contribution >= 0.6 is 11.6 Å². The smallest absolute Gasteiger partial charge is 0.407 e. The minimum Gasteiger partial charge on any atom is -0.480 e. The Morgan fingerprint density at radius 1 is 1.25 bits per heavy atom. The lowest BCUT2D eigenvalue weighted by Gasteiger charge is -2.05. The summed E-state index contributed by atoms with van der Waals surface area (Å²) in [5, 5.41) is 4.12. The summed E-state index contributed by atoms with van der Waals surface area (Å²) in [5.74, 6) is 0.437. The van der Waals surface area contributed by atoms with E-state index >= 15 is 0 Å². The van der Waals surface area contributed by atoms with Gasteiger partial charge in [0.1, 0.15) is 0 Å². The highest BCUT2D eigenvalue weighted by molar-refractivity contribution is 6.34. The predicted molar refractivity (Wildman–Crippen MR) is 90.1 cm³/mol. The zero-order valence-corrected chi connectivity index (χ0v) is 13.8. The van der Waals surface area contributed by atoms with Gasteiger partial charge in [-0.2, -0.15) is 0 Å². The van der Waals surface area contributed by atoms with E-state index in [1.165, 1.54) is 20.4 Å². The fraction of sp³-hybridized carbons (Fsp3) is 0.188. The minimum absolute atomic E-state index is 0.330. The Labute approximate surface area is 143 Å². The van der Waals surface area contributed by atoms with Gasteiger partial charge in [-0.25, -0.2) is 14.8 Å². The quantitative estimate of drug-likeness (QED) is 0.757. The van der Waals surface area contributed by atoms with Gasteiger partial charge in [-0.05, 0) is 18.2 Å². The number of fused-ring (bicyclic) bond motifs is 1. The molecule has 8 heteroatoms. The van der Waals surface area contributed by atoms with E-state index in [2.05, 4.69) is 25.0 Å². The Bertz CT molecular complexity index is 877. The van der Waals surface area contributed by atoms with Crippen molar-refractivity contribution in [2.45, 2.75) is 6.54 Å². The standard InChI is InChI=1S/C16H15ClN4O3/c1-23-15-8-18-14(7-19-15)11-5-13-9(4-12(11)17)3-10(21-13)6-20-16(22)24-2/h3-5,7-8,21H,6H2,1-2H3,(H,20,22). The first kappa shape index (κ1) is 16.1. The van der Waals surface area contributed by atoms with E-state index in [9.17, 15) is 4.79 Å². The first-order chi connectivity index (χ1) is 11.6. The fourth-order valence-electron chi connectivity index (χ4n) is 2.30. The molecule has 24 heavy (non-hydrogen) atoms. The molecule has 0 spiro atoms. The number of aromatic nitrogens is 3. The lowest BCUT2D eigenvalue weighted by Crippen LogP contribution is -2.22. The summed E-state index contributed by atoms with van der Waals surface area (Å²) in [7, 11) is 2.86. The SMILES string of the molecule is COC(=O)NCc1cc2cc(Cl)c(-c3cnc(OC)cn3)cc2[nH]1. The molecular formula is C16H15ClN4O3. The lowest BCUT2D eigenvalue weighted by molar-refractivity contribution is 0.170. The van der Waals surface area contributed by atoms with Crippen LogP contribution in [0.3, 0.4) is 0 Å².